The van der Waals surface area contributed by atoms with Gasteiger partial charge in [-0.1, -0.05) is 19.3 Å². The lowest BCUT2D eigenvalue weighted by molar-refractivity contribution is 0.436. The van der Waals surface area contributed by atoms with Crippen molar-refractivity contribution >= 4 is 0 Å². The number of aromatic nitrogens is 2. The smallest absolute Gasteiger partial charge is 0.115 e. The summed E-state index contributed by atoms with van der Waals surface area (Å²) in [4.78, 5) is 8.22. The molecule has 1 fully saturated rings. The summed E-state index contributed by atoms with van der Waals surface area (Å²) in [5.41, 5.74) is 1.24. The first-order valence-electron chi connectivity index (χ1n) is 4.73. The topological polar surface area (TPSA) is 25.8 Å². The van der Waals surface area contributed by atoms with Crippen molar-refractivity contribution in [2.45, 2.75) is 38.0 Å². The summed E-state index contributed by atoms with van der Waals surface area (Å²) in [7, 11) is 0. The fraction of sp³-hybridized carbons (Fsp3) is 0.600. The van der Waals surface area contributed by atoms with E-state index in [1.54, 1.807) is 6.33 Å². The Kier molecular flexibility index (Phi) is 2.35. The summed E-state index contributed by atoms with van der Waals surface area (Å²) in [5.74, 6) is 0.710. The molecule has 0 atom stereocenters. The molecule has 2 rings (SSSR count). The van der Waals surface area contributed by atoms with E-state index in [2.05, 4.69) is 16.0 Å². The SMILES string of the molecule is c1cc(C2CCCCC2)ncn1. The highest BCUT2D eigenvalue weighted by Crippen LogP contribution is 2.30. The first kappa shape index (κ1) is 7.71. The predicted octanol–water partition coefficient (Wildman–Crippen LogP) is 2.52. The molecule has 1 heterocycles. The van der Waals surface area contributed by atoms with Crippen molar-refractivity contribution in [3.8, 4) is 0 Å². The lowest BCUT2D eigenvalue weighted by atomic mass is 9.87. The molecule has 1 aliphatic rings. The Labute approximate surface area is 73.1 Å². The van der Waals surface area contributed by atoms with E-state index in [-0.39, 0.29) is 0 Å². The van der Waals surface area contributed by atoms with Crippen LogP contribution in [0.25, 0.3) is 0 Å². The molecule has 0 spiro atoms. The molecule has 12 heavy (non-hydrogen) atoms. The molecule has 1 aromatic rings. The molecule has 0 unspecified atom stereocenters. The highest BCUT2D eigenvalue weighted by atomic mass is 14.8. The van der Waals surface area contributed by atoms with Crippen LogP contribution in [0.15, 0.2) is 18.6 Å². The van der Waals surface area contributed by atoms with Crippen LogP contribution < -0.4 is 0 Å². The van der Waals surface area contributed by atoms with E-state index in [0.29, 0.717) is 5.92 Å². The maximum atomic E-state index is 4.29. The van der Waals surface area contributed by atoms with Crippen LogP contribution in [0.4, 0.5) is 0 Å². The number of rotatable bonds is 1. The minimum atomic E-state index is 0.710. The van der Waals surface area contributed by atoms with Crippen molar-refractivity contribution in [3.63, 3.8) is 0 Å². The quantitative estimate of drug-likeness (QED) is 0.634. The van der Waals surface area contributed by atoms with E-state index in [1.807, 2.05) is 6.20 Å². The van der Waals surface area contributed by atoms with Crippen molar-refractivity contribution < 1.29 is 0 Å². The van der Waals surface area contributed by atoms with E-state index in [0.717, 1.165) is 0 Å². The average Bonchev–Trinajstić information content (AvgIpc) is 2.21. The van der Waals surface area contributed by atoms with Crippen LogP contribution >= 0.6 is 0 Å². The molecule has 0 N–H and O–H groups in total. The zero-order valence-corrected chi connectivity index (χ0v) is 7.24. The standard InChI is InChI=1S/C10H14N2/c1-2-4-9(5-3-1)10-6-7-11-8-12-10/h6-9H,1-5H2. The van der Waals surface area contributed by atoms with Crippen LogP contribution in [-0.4, -0.2) is 9.97 Å². The fourth-order valence-electron chi connectivity index (χ4n) is 1.94. The zero-order chi connectivity index (χ0) is 8.23. The highest BCUT2D eigenvalue weighted by molar-refractivity contribution is 5.06. The second kappa shape index (κ2) is 3.65. The number of hydrogen-bond donors (Lipinski definition) is 0. The average molecular weight is 162 g/mol. The van der Waals surface area contributed by atoms with Crippen LogP contribution in [0.3, 0.4) is 0 Å². The van der Waals surface area contributed by atoms with Crippen molar-refractivity contribution in [1.29, 1.82) is 0 Å². The van der Waals surface area contributed by atoms with Gasteiger partial charge in [-0.15, -0.1) is 0 Å². The molecule has 1 aliphatic carbocycles. The van der Waals surface area contributed by atoms with Crippen molar-refractivity contribution in [2.75, 3.05) is 0 Å². The molecule has 0 aliphatic heterocycles. The van der Waals surface area contributed by atoms with Crippen molar-refractivity contribution in [1.82, 2.24) is 9.97 Å². The van der Waals surface area contributed by atoms with Gasteiger partial charge in [0.25, 0.3) is 0 Å². The van der Waals surface area contributed by atoms with Crippen LogP contribution in [0, 0.1) is 0 Å². The van der Waals surface area contributed by atoms with Gasteiger partial charge in [0.15, 0.2) is 0 Å². The molecule has 0 amide bonds. The third kappa shape index (κ3) is 1.63. The zero-order valence-electron chi connectivity index (χ0n) is 7.24. The Morgan fingerprint density at radius 3 is 2.67 bits per heavy atom. The molecule has 2 nitrogen and oxygen atoms in total. The van der Waals surface area contributed by atoms with E-state index in [4.69, 9.17) is 0 Å². The van der Waals surface area contributed by atoms with Crippen LogP contribution in [0.1, 0.15) is 43.7 Å². The van der Waals surface area contributed by atoms with E-state index in [9.17, 15) is 0 Å². The van der Waals surface area contributed by atoms with Crippen LogP contribution in [-0.2, 0) is 0 Å². The third-order valence-corrected chi connectivity index (χ3v) is 2.63. The van der Waals surface area contributed by atoms with Crippen LogP contribution in [0.2, 0.25) is 0 Å². The summed E-state index contributed by atoms with van der Waals surface area (Å²) in [6.07, 6.45) is 10.3. The molecule has 2 heteroatoms. The maximum Gasteiger partial charge on any atom is 0.115 e. The molecular formula is C10H14N2. The summed E-state index contributed by atoms with van der Waals surface area (Å²) < 4.78 is 0. The van der Waals surface area contributed by atoms with Gasteiger partial charge >= 0.3 is 0 Å². The first-order chi connectivity index (χ1) is 5.97. The maximum absolute atomic E-state index is 4.29. The van der Waals surface area contributed by atoms with Gasteiger partial charge in [-0.05, 0) is 18.9 Å². The minimum absolute atomic E-state index is 0.710. The van der Waals surface area contributed by atoms with Gasteiger partial charge in [-0.3, -0.25) is 0 Å². The van der Waals surface area contributed by atoms with Gasteiger partial charge in [0.1, 0.15) is 6.33 Å². The number of nitrogens with zero attached hydrogens (tertiary/aromatic N) is 2. The summed E-state index contributed by atoms with van der Waals surface area (Å²) in [6, 6.07) is 2.05. The van der Waals surface area contributed by atoms with Crippen molar-refractivity contribution in [2.24, 2.45) is 0 Å². The largest absolute Gasteiger partial charge is 0.245 e. The van der Waals surface area contributed by atoms with Crippen LogP contribution in [0.5, 0.6) is 0 Å². The lowest BCUT2D eigenvalue weighted by Crippen LogP contribution is -2.06. The monoisotopic (exact) mass is 162 g/mol. The Morgan fingerprint density at radius 2 is 2.00 bits per heavy atom. The minimum Gasteiger partial charge on any atom is -0.245 e. The summed E-state index contributed by atoms with van der Waals surface area (Å²) in [6.45, 7) is 0. The second-order valence-electron chi connectivity index (χ2n) is 3.47. The summed E-state index contributed by atoms with van der Waals surface area (Å²) >= 11 is 0. The Bertz CT molecular complexity index is 227. The molecule has 1 saturated carbocycles. The van der Waals surface area contributed by atoms with Gasteiger partial charge in [-0.25, -0.2) is 9.97 Å². The predicted molar refractivity (Wildman–Crippen MR) is 47.9 cm³/mol. The lowest BCUT2D eigenvalue weighted by Gasteiger charge is -2.20. The first-order valence-corrected chi connectivity index (χ1v) is 4.73. The Morgan fingerprint density at radius 1 is 1.17 bits per heavy atom. The number of hydrogen-bond acceptors (Lipinski definition) is 2. The molecule has 1 aromatic heterocycles. The Balaban J connectivity index is 2.08. The van der Waals surface area contributed by atoms with Gasteiger partial charge in [0.2, 0.25) is 0 Å². The second-order valence-corrected chi connectivity index (χ2v) is 3.47. The van der Waals surface area contributed by atoms with Gasteiger partial charge in [0.05, 0.1) is 0 Å². The normalized spacial score (nSPS) is 19.3. The molecule has 0 saturated heterocycles. The summed E-state index contributed by atoms with van der Waals surface area (Å²) in [5, 5.41) is 0. The van der Waals surface area contributed by atoms with Gasteiger partial charge in [-0.2, -0.15) is 0 Å². The van der Waals surface area contributed by atoms with Gasteiger partial charge in [0, 0.05) is 17.8 Å². The fourth-order valence-corrected chi connectivity index (χ4v) is 1.94. The Hall–Kier alpha value is -0.920. The molecule has 0 radical (unpaired) electrons. The molecule has 0 aromatic carbocycles. The van der Waals surface area contributed by atoms with Crippen molar-refractivity contribution in [3.05, 3.63) is 24.3 Å². The van der Waals surface area contributed by atoms with E-state index < -0.39 is 0 Å². The van der Waals surface area contributed by atoms with E-state index >= 15 is 0 Å². The third-order valence-electron chi connectivity index (χ3n) is 2.63. The van der Waals surface area contributed by atoms with E-state index in [1.165, 1.54) is 37.8 Å². The molecule has 0 bridgehead atoms. The van der Waals surface area contributed by atoms with Gasteiger partial charge < -0.3 is 0 Å². The molecule has 64 valence electrons. The molecular weight excluding hydrogens is 148 g/mol. The highest BCUT2D eigenvalue weighted by Gasteiger charge is 2.15.